The average Bonchev–Trinajstić information content (AvgIpc) is 1.76. The van der Waals surface area contributed by atoms with Gasteiger partial charge < -0.3 is 4.90 Å². The van der Waals surface area contributed by atoms with Crippen molar-refractivity contribution in [2.75, 3.05) is 19.6 Å². The first kappa shape index (κ1) is 6.81. The molecule has 0 spiro atoms. The maximum absolute atomic E-state index is 3.68. The van der Waals surface area contributed by atoms with Crippen LogP contribution in [0.3, 0.4) is 0 Å². The standard InChI is InChI=1S/C8H15N/c1-2-3-4-6-9-7-5-8-9/h2H,1,3-8H2. The number of nitrogens with zero attached hydrogens (tertiary/aromatic N) is 1. The van der Waals surface area contributed by atoms with Crippen LogP contribution >= 0.6 is 0 Å². The number of likely N-dealkylation sites (tertiary alicyclic amines) is 1. The van der Waals surface area contributed by atoms with Gasteiger partial charge in [0.1, 0.15) is 0 Å². The van der Waals surface area contributed by atoms with E-state index in [1.54, 1.807) is 0 Å². The molecule has 1 aliphatic rings. The molecular weight excluding hydrogens is 110 g/mol. The minimum atomic E-state index is 1.18. The molecule has 0 aromatic rings. The Bertz CT molecular complexity index is 84.6. The van der Waals surface area contributed by atoms with Crippen molar-refractivity contribution in [3.8, 4) is 0 Å². The van der Waals surface area contributed by atoms with E-state index < -0.39 is 0 Å². The Morgan fingerprint density at radius 3 is 2.67 bits per heavy atom. The van der Waals surface area contributed by atoms with E-state index in [1.807, 2.05) is 6.08 Å². The van der Waals surface area contributed by atoms with E-state index in [4.69, 9.17) is 0 Å². The van der Waals surface area contributed by atoms with Crippen molar-refractivity contribution >= 4 is 0 Å². The highest BCUT2D eigenvalue weighted by Crippen LogP contribution is 2.06. The smallest absolute Gasteiger partial charge is 0.000654 e. The summed E-state index contributed by atoms with van der Waals surface area (Å²) in [7, 11) is 0. The fraction of sp³-hybridized carbons (Fsp3) is 0.750. The second-order valence-corrected chi connectivity index (χ2v) is 2.63. The largest absolute Gasteiger partial charge is 0.303 e. The highest BCUT2D eigenvalue weighted by Gasteiger charge is 2.11. The van der Waals surface area contributed by atoms with Crippen LogP contribution < -0.4 is 0 Å². The molecule has 0 atom stereocenters. The highest BCUT2D eigenvalue weighted by atomic mass is 15.2. The monoisotopic (exact) mass is 125 g/mol. The molecule has 1 saturated heterocycles. The predicted octanol–water partition coefficient (Wildman–Crippen LogP) is 1.66. The van der Waals surface area contributed by atoms with Crippen LogP contribution in [0.4, 0.5) is 0 Å². The van der Waals surface area contributed by atoms with Crippen molar-refractivity contribution in [3.63, 3.8) is 0 Å². The van der Waals surface area contributed by atoms with Gasteiger partial charge in [0.15, 0.2) is 0 Å². The summed E-state index contributed by atoms with van der Waals surface area (Å²) in [5.74, 6) is 0. The van der Waals surface area contributed by atoms with E-state index in [0.29, 0.717) is 0 Å². The summed E-state index contributed by atoms with van der Waals surface area (Å²) in [6.07, 6.45) is 5.88. The fourth-order valence-electron chi connectivity index (χ4n) is 1.06. The van der Waals surface area contributed by atoms with E-state index in [1.165, 1.54) is 38.9 Å². The topological polar surface area (TPSA) is 3.24 Å². The lowest BCUT2D eigenvalue weighted by Gasteiger charge is -2.30. The Morgan fingerprint density at radius 2 is 2.22 bits per heavy atom. The number of unbranched alkanes of at least 4 members (excludes halogenated alkanes) is 1. The molecule has 1 nitrogen and oxygen atoms in total. The Labute approximate surface area is 57.4 Å². The summed E-state index contributed by atoms with van der Waals surface area (Å²) in [5, 5.41) is 0. The van der Waals surface area contributed by atoms with Crippen LogP contribution in [0, 0.1) is 0 Å². The molecular formula is C8H15N. The summed E-state index contributed by atoms with van der Waals surface area (Å²) < 4.78 is 0. The van der Waals surface area contributed by atoms with Gasteiger partial charge in [-0.05, 0) is 38.9 Å². The van der Waals surface area contributed by atoms with Crippen molar-refractivity contribution in [2.24, 2.45) is 0 Å². The van der Waals surface area contributed by atoms with Crippen LogP contribution in [0.15, 0.2) is 12.7 Å². The molecule has 0 saturated carbocycles. The molecule has 0 amide bonds. The first-order chi connectivity index (χ1) is 4.43. The Balaban J connectivity index is 1.85. The average molecular weight is 125 g/mol. The molecule has 0 N–H and O–H groups in total. The predicted molar refractivity (Wildman–Crippen MR) is 40.5 cm³/mol. The zero-order valence-electron chi connectivity index (χ0n) is 5.97. The van der Waals surface area contributed by atoms with Gasteiger partial charge in [0.2, 0.25) is 0 Å². The highest BCUT2D eigenvalue weighted by molar-refractivity contribution is 4.71. The molecule has 0 aromatic heterocycles. The quantitative estimate of drug-likeness (QED) is 0.408. The van der Waals surface area contributed by atoms with Gasteiger partial charge in [-0.3, -0.25) is 0 Å². The number of rotatable bonds is 4. The third-order valence-electron chi connectivity index (χ3n) is 1.83. The van der Waals surface area contributed by atoms with E-state index in [2.05, 4.69) is 11.5 Å². The molecule has 1 heterocycles. The van der Waals surface area contributed by atoms with Gasteiger partial charge in [0.25, 0.3) is 0 Å². The summed E-state index contributed by atoms with van der Waals surface area (Å²) in [6, 6.07) is 0. The SMILES string of the molecule is C=CCCCN1CCC1. The molecule has 0 bridgehead atoms. The lowest BCUT2D eigenvalue weighted by atomic mass is 10.2. The molecule has 1 aliphatic heterocycles. The Kier molecular flexibility index (Phi) is 2.78. The first-order valence-electron chi connectivity index (χ1n) is 3.77. The van der Waals surface area contributed by atoms with Gasteiger partial charge in [-0.1, -0.05) is 6.08 Å². The third-order valence-corrected chi connectivity index (χ3v) is 1.83. The first-order valence-corrected chi connectivity index (χ1v) is 3.77. The lowest BCUT2D eigenvalue weighted by Crippen LogP contribution is -2.37. The maximum atomic E-state index is 3.68. The molecule has 0 aromatic carbocycles. The molecule has 52 valence electrons. The van der Waals surface area contributed by atoms with Gasteiger partial charge in [0, 0.05) is 0 Å². The summed E-state index contributed by atoms with van der Waals surface area (Å²) in [5.41, 5.74) is 0. The molecule has 1 rings (SSSR count). The van der Waals surface area contributed by atoms with Crippen LogP contribution in [-0.4, -0.2) is 24.5 Å². The normalized spacial score (nSPS) is 19.1. The van der Waals surface area contributed by atoms with Crippen LogP contribution in [0.1, 0.15) is 19.3 Å². The minimum Gasteiger partial charge on any atom is -0.303 e. The van der Waals surface area contributed by atoms with Crippen molar-refractivity contribution in [1.29, 1.82) is 0 Å². The number of hydrogen-bond acceptors (Lipinski definition) is 1. The number of hydrogen-bond donors (Lipinski definition) is 0. The molecule has 0 radical (unpaired) electrons. The fourth-order valence-corrected chi connectivity index (χ4v) is 1.06. The van der Waals surface area contributed by atoms with Gasteiger partial charge in [-0.25, -0.2) is 0 Å². The maximum Gasteiger partial charge on any atom is -0.000654 e. The van der Waals surface area contributed by atoms with Crippen molar-refractivity contribution in [3.05, 3.63) is 12.7 Å². The summed E-state index contributed by atoms with van der Waals surface area (Å²) in [4.78, 5) is 2.49. The Morgan fingerprint density at radius 1 is 1.44 bits per heavy atom. The molecule has 0 aliphatic carbocycles. The van der Waals surface area contributed by atoms with Crippen LogP contribution in [0.25, 0.3) is 0 Å². The summed E-state index contributed by atoms with van der Waals surface area (Å²) >= 11 is 0. The van der Waals surface area contributed by atoms with E-state index in [-0.39, 0.29) is 0 Å². The van der Waals surface area contributed by atoms with Gasteiger partial charge >= 0.3 is 0 Å². The zero-order valence-corrected chi connectivity index (χ0v) is 5.97. The van der Waals surface area contributed by atoms with Crippen LogP contribution in [0.2, 0.25) is 0 Å². The van der Waals surface area contributed by atoms with Gasteiger partial charge in [-0.2, -0.15) is 0 Å². The Hall–Kier alpha value is -0.300. The lowest BCUT2D eigenvalue weighted by molar-refractivity contribution is 0.180. The van der Waals surface area contributed by atoms with Crippen molar-refractivity contribution in [2.45, 2.75) is 19.3 Å². The van der Waals surface area contributed by atoms with Gasteiger partial charge in [0.05, 0.1) is 0 Å². The number of allylic oxidation sites excluding steroid dienone is 1. The second-order valence-electron chi connectivity index (χ2n) is 2.63. The minimum absolute atomic E-state index is 1.18. The van der Waals surface area contributed by atoms with Crippen molar-refractivity contribution in [1.82, 2.24) is 4.90 Å². The van der Waals surface area contributed by atoms with Crippen molar-refractivity contribution < 1.29 is 0 Å². The van der Waals surface area contributed by atoms with E-state index >= 15 is 0 Å². The van der Waals surface area contributed by atoms with Gasteiger partial charge in [-0.15, -0.1) is 6.58 Å². The van der Waals surface area contributed by atoms with E-state index in [0.717, 1.165) is 0 Å². The molecule has 1 fully saturated rings. The second kappa shape index (κ2) is 3.67. The van der Waals surface area contributed by atoms with Crippen LogP contribution in [-0.2, 0) is 0 Å². The molecule has 9 heavy (non-hydrogen) atoms. The molecule has 0 unspecified atom stereocenters. The third kappa shape index (κ3) is 2.19. The molecule has 1 heteroatoms. The summed E-state index contributed by atoms with van der Waals surface area (Å²) in [6.45, 7) is 7.63. The zero-order chi connectivity index (χ0) is 6.53. The van der Waals surface area contributed by atoms with E-state index in [9.17, 15) is 0 Å². The van der Waals surface area contributed by atoms with Crippen LogP contribution in [0.5, 0.6) is 0 Å².